The minimum absolute atomic E-state index is 0.609. The zero-order valence-electron chi connectivity index (χ0n) is 10.0. The molecule has 3 N–H and O–H groups in total. The Hall–Kier alpha value is -1.56. The van der Waals surface area contributed by atoms with E-state index < -0.39 is 23.6 Å². The van der Waals surface area contributed by atoms with Crippen LogP contribution in [-0.4, -0.2) is 17.6 Å². The lowest BCUT2D eigenvalue weighted by Gasteiger charge is -2.21. The molecule has 17 heavy (non-hydrogen) atoms. The predicted octanol–water partition coefficient (Wildman–Crippen LogP) is 1.80. The molecule has 0 aliphatic rings. The molecule has 0 saturated heterocycles. The Bertz CT molecular complexity index is 395. The Morgan fingerprint density at radius 1 is 1.47 bits per heavy atom. The third-order valence-electron chi connectivity index (χ3n) is 1.77. The molecular weight excluding hydrogens is 240 g/mol. The predicted molar refractivity (Wildman–Crippen MR) is 65.6 cm³/mol. The monoisotopic (exact) mass is 256 g/mol. The summed E-state index contributed by atoms with van der Waals surface area (Å²) in [5.41, 5.74) is 4.63. The molecule has 0 aliphatic carbocycles. The average Bonchev–Trinajstić information content (AvgIpc) is 2.63. The number of alkyl carbamates (subject to hydrolysis) is 1. The summed E-state index contributed by atoms with van der Waals surface area (Å²) in [4.78, 5) is 23.5. The number of amides is 2. The maximum atomic E-state index is 11.5. The van der Waals surface area contributed by atoms with E-state index in [1.807, 2.05) is 5.38 Å². The van der Waals surface area contributed by atoms with Gasteiger partial charge in [-0.15, -0.1) is 11.3 Å². The fraction of sp³-hybridized carbons (Fsp3) is 0.455. The summed E-state index contributed by atoms with van der Waals surface area (Å²) < 4.78 is 5.06. The number of carbonyl (C=O) groups is 2. The van der Waals surface area contributed by atoms with Crippen molar-refractivity contribution in [2.75, 3.05) is 0 Å². The van der Waals surface area contributed by atoms with E-state index in [0.717, 1.165) is 0 Å². The Balaban J connectivity index is 2.69. The van der Waals surface area contributed by atoms with Gasteiger partial charge >= 0.3 is 6.09 Å². The maximum Gasteiger partial charge on any atom is 0.408 e. The molecule has 5 nitrogen and oxygen atoms in total. The molecule has 94 valence electrons. The van der Waals surface area contributed by atoms with E-state index in [2.05, 4.69) is 5.32 Å². The van der Waals surface area contributed by atoms with Crippen LogP contribution in [-0.2, 0) is 9.53 Å². The minimum atomic E-state index is -0.843. The van der Waals surface area contributed by atoms with E-state index in [1.165, 1.54) is 11.3 Å². The SMILES string of the molecule is CC(C)(C)OC(=O)NC(C(N)=O)c1cccs1. The van der Waals surface area contributed by atoms with Gasteiger partial charge in [-0.3, -0.25) is 4.79 Å². The minimum Gasteiger partial charge on any atom is -0.444 e. The van der Waals surface area contributed by atoms with E-state index in [0.29, 0.717) is 4.88 Å². The number of carbonyl (C=O) groups excluding carboxylic acids is 2. The molecule has 1 aromatic rings. The van der Waals surface area contributed by atoms with E-state index in [1.54, 1.807) is 32.9 Å². The lowest BCUT2D eigenvalue weighted by molar-refractivity contribution is -0.120. The molecule has 0 fully saturated rings. The van der Waals surface area contributed by atoms with Crippen LogP contribution in [0.4, 0.5) is 4.79 Å². The highest BCUT2D eigenvalue weighted by Crippen LogP contribution is 2.19. The van der Waals surface area contributed by atoms with Gasteiger partial charge in [-0.25, -0.2) is 4.79 Å². The first-order valence-corrected chi connectivity index (χ1v) is 6.00. The highest BCUT2D eigenvalue weighted by Gasteiger charge is 2.24. The molecule has 1 aromatic heterocycles. The van der Waals surface area contributed by atoms with Crippen LogP contribution in [0.15, 0.2) is 17.5 Å². The van der Waals surface area contributed by atoms with Gasteiger partial charge in [0.15, 0.2) is 0 Å². The van der Waals surface area contributed by atoms with Crippen molar-refractivity contribution in [2.24, 2.45) is 5.73 Å². The highest BCUT2D eigenvalue weighted by molar-refractivity contribution is 7.10. The molecule has 0 aliphatic heterocycles. The molecule has 0 radical (unpaired) electrons. The second-order valence-electron chi connectivity index (χ2n) is 4.50. The molecule has 6 heteroatoms. The van der Waals surface area contributed by atoms with Crippen molar-refractivity contribution >= 4 is 23.3 Å². The number of primary amides is 1. The van der Waals surface area contributed by atoms with E-state index in [4.69, 9.17) is 10.5 Å². The number of hydrogen-bond acceptors (Lipinski definition) is 4. The van der Waals surface area contributed by atoms with Gasteiger partial charge in [0.2, 0.25) is 5.91 Å². The number of ether oxygens (including phenoxy) is 1. The second kappa shape index (κ2) is 5.18. The highest BCUT2D eigenvalue weighted by atomic mass is 32.1. The van der Waals surface area contributed by atoms with E-state index >= 15 is 0 Å². The number of hydrogen-bond donors (Lipinski definition) is 2. The number of nitrogens with two attached hydrogens (primary N) is 1. The van der Waals surface area contributed by atoms with E-state index in [-0.39, 0.29) is 0 Å². The average molecular weight is 256 g/mol. The van der Waals surface area contributed by atoms with Crippen molar-refractivity contribution in [3.05, 3.63) is 22.4 Å². The van der Waals surface area contributed by atoms with Gasteiger partial charge in [0.05, 0.1) is 0 Å². The molecule has 1 unspecified atom stereocenters. The van der Waals surface area contributed by atoms with Crippen molar-refractivity contribution in [3.8, 4) is 0 Å². The van der Waals surface area contributed by atoms with Crippen LogP contribution < -0.4 is 11.1 Å². The summed E-state index contributed by atoms with van der Waals surface area (Å²) in [6.07, 6.45) is -0.658. The number of rotatable bonds is 3. The quantitative estimate of drug-likeness (QED) is 0.865. The van der Waals surface area contributed by atoms with Crippen LogP contribution in [0.3, 0.4) is 0 Å². The standard InChI is InChI=1S/C11H16N2O3S/c1-11(2,3)16-10(15)13-8(9(12)14)7-5-4-6-17-7/h4-6,8H,1-3H3,(H2,12,14)(H,13,15). The molecule has 1 rings (SSSR count). The lowest BCUT2D eigenvalue weighted by atomic mass is 10.2. The van der Waals surface area contributed by atoms with Crippen LogP contribution in [0.1, 0.15) is 31.7 Å². The normalized spacial score (nSPS) is 12.9. The van der Waals surface area contributed by atoms with Crippen molar-refractivity contribution in [3.63, 3.8) is 0 Å². The van der Waals surface area contributed by atoms with Crippen LogP contribution >= 0.6 is 11.3 Å². The molecular formula is C11H16N2O3S. The molecule has 0 aromatic carbocycles. The largest absolute Gasteiger partial charge is 0.444 e. The van der Waals surface area contributed by atoms with Crippen LogP contribution in [0.5, 0.6) is 0 Å². The summed E-state index contributed by atoms with van der Waals surface area (Å²) in [5, 5.41) is 4.26. The Morgan fingerprint density at radius 2 is 2.12 bits per heavy atom. The summed E-state index contributed by atoms with van der Waals surface area (Å²) in [7, 11) is 0. The van der Waals surface area contributed by atoms with Gasteiger partial charge in [-0.2, -0.15) is 0 Å². The fourth-order valence-corrected chi connectivity index (χ4v) is 1.95. The molecule has 1 atom stereocenters. The fourth-order valence-electron chi connectivity index (χ4n) is 1.16. The Labute approximate surface area is 104 Å². The van der Waals surface area contributed by atoms with Crippen molar-refractivity contribution in [1.29, 1.82) is 0 Å². The molecule has 1 heterocycles. The third kappa shape index (κ3) is 4.44. The van der Waals surface area contributed by atoms with Crippen LogP contribution in [0.2, 0.25) is 0 Å². The first-order valence-electron chi connectivity index (χ1n) is 5.12. The molecule has 0 saturated carbocycles. The zero-order chi connectivity index (χ0) is 13.1. The summed E-state index contributed by atoms with van der Waals surface area (Å²) >= 11 is 1.35. The first kappa shape index (κ1) is 13.5. The second-order valence-corrected chi connectivity index (χ2v) is 5.48. The van der Waals surface area contributed by atoms with Crippen molar-refractivity contribution in [2.45, 2.75) is 32.4 Å². The molecule has 0 spiro atoms. The van der Waals surface area contributed by atoms with Gasteiger partial charge in [-0.1, -0.05) is 6.07 Å². The third-order valence-corrected chi connectivity index (χ3v) is 2.71. The lowest BCUT2D eigenvalue weighted by Crippen LogP contribution is -2.40. The topological polar surface area (TPSA) is 81.4 Å². The Morgan fingerprint density at radius 3 is 2.53 bits per heavy atom. The summed E-state index contributed by atoms with van der Waals surface area (Å²) in [6.45, 7) is 5.24. The van der Waals surface area contributed by atoms with E-state index in [9.17, 15) is 9.59 Å². The first-order chi connectivity index (χ1) is 7.79. The Kier molecular flexibility index (Phi) is 4.11. The summed E-state index contributed by atoms with van der Waals surface area (Å²) in [5.74, 6) is -0.613. The number of thiophene rings is 1. The van der Waals surface area contributed by atoms with Crippen LogP contribution in [0.25, 0.3) is 0 Å². The van der Waals surface area contributed by atoms with Crippen LogP contribution in [0, 0.1) is 0 Å². The maximum absolute atomic E-state index is 11.5. The zero-order valence-corrected chi connectivity index (χ0v) is 10.8. The van der Waals surface area contributed by atoms with Crippen molar-refractivity contribution < 1.29 is 14.3 Å². The van der Waals surface area contributed by atoms with Gasteiger partial charge in [0.25, 0.3) is 0 Å². The van der Waals surface area contributed by atoms with Crippen molar-refractivity contribution in [1.82, 2.24) is 5.32 Å². The van der Waals surface area contributed by atoms with Gasteiger partial charge < -0.3 is 15.8 Å². The molecule has 0 bridgehead atoms. The molecule has 2 amide bonds. The van der Waals surface area contributed by atoms with Gasteiger partial charge in [0.1, 0.15) is 11.6 Å². The van der Waals surface area contributed by atoms with Gasteiger partial charge in [-0.05, 0) is 32.2 Å². The smallest absolute Gasteiger partial charge is 0.408 e. The summed E-state index contributed by atoms with van der Waals surface area (Å²) in [6, 6.07) is 2.68. The number of nitrogens with one attached hydrogen (secondary N) is 1. The van der Waals surface area contributed by atoms with Gasteiger partial charge in [0, 0.05) is 4.88 Å².